The number of nitrogens with one attached hydrogen (secondary N) is 1. The van der Waals surface area contributed by atoms with E-state index in [9.17, 15) is 9.90 Å². The summed E-state index contributed by atoms with van der Waals surface area (Å²) in [5.41, 5.74) is 1.36. The summed E-state index contributed by atoms with van der Waals surface area (Å²) in [7, 11) is 0. The summed E-state index contributed by atoms with van der Waals surface area (Å²) < 4.78 is 0. The van der Waals surface area contributed by atoms with Gasteiger partial charge in [0, 0.05) is 25.2 Å². The number of rotatable bonds is 3. The first-order chi connectivity index (χ1) is 9.56. The minimum atomic E-state index is -0.0608. The van der Waals surface area contributed by atoms with Crippen molar-refractivity contribution >= 4 is 5.91 Å². The van der Waals surface area contributed by atoms with Crippen LogP contribution in [0.1, 0.15) is 42.6 Å². The van der Waals surface area contributed by atoms with Crippen molar-refractivity contribution in [3.05, 3.63) is 29.3 Å². The van der Waals surface area contributed by atoms with Gasteiger partial charge in [0.05, 0.1) is 5.56 Å². The van der Waals surface area contributed by atoms with Crippen molar-refractivity contribution < 1.29 is 9.90 Å². The van der Waals surface area contributed by atoms with E-state index in [1.54, 1.807) is 12.1 Å². The van der Waals surface area contributed by atoms with Crippen LogP contribution in [0.2, 0.25) is 0 Å². The van der Waals surface area contributed by atoms with Crippen LogP contribution >= 0.6 is 0 Å². The Labute approximate surface area is 120 Å². The summed E-state index contributed by atoms with van der Waals surface area (Å²) in [5, 5.41) is 13.5. The number of benzene rings is 1. The van der Waals surface area contributed by atoms with Crippen LogP contribution in [0.15, 0.2) is 18.2 Å². The Morgan fingerprint density at radius 3 is 2.75 bits per heavy atom. The second-order valence-corrected chi connectivity index (χ2v) is 5.55. The first kappa shape index (κ1) is 14.9. The van der Waals surface area contributed by atoms with Gasteiger partial charge in [-0.2, -0.15) is 0 Å². The fourth-order valence-corrected chi connectivity index (χ4v) is 2.73. The lowest BCUT2D eigenvalue weighted by atomic mass is 10.0. The summed E-state index contributed by atoms with van der Waals surface area (Å²) >= 11 is 0. The summed E-state index contributed by atoms with van der Waals surface area (Å²) in [5.74, 6) is 0.0192. The Morgan fingerprint density at radius 1 is 1.40 bits per heavy atom. The summed E-state index contributed by atoms with van der Waals surface area (Å²) in [6, 6.07) is 5.78. The van der Waals surface area contributed by atoms with Gasteiger partial charge in [-0.05, 0) is 37.5 Å². The summed E-state index contributed by atoms with van der Waals surface area (Å²) in [6.45, 7) is 7.65. The van der Waals surface area contributed by atoms with Gasteiger partial charge < -0.3 is 15.3 Å². The Hall–Kier alpha value is -1.55. The number of aromatic hydroxyl groups is 1. The number of amides is 1. The van der Waals surface area contributed by atoms with Crippen molar-refractivity contribution in [2.75, 3.05) is 13.1 Å². The molecule has 4 nitrogen and oxygen atoms in total. The highest BCUT2D eigenvalue weighted by Gasteiger charge is 2.31. The number of phenols is 1. The number of carbonyl (C=O) groups excluding carboxylic acids is 1. The van der Waals surface area contributed by atoms with Gasteiger partial charge in [-0.25, -0.2) is 0 Å². The molecule has 2 rings (SSSR count). The summed E-state index contributed by atoms with van der Waals surface area (Å²) in [6.07, 6.45) is 1.92. The molecule has 4 heteroatoms. The highest BCUT2D eigenvalue weighted by Crippen LogP contribution is 2.23. The summed E-state index contributed by atoms with van der Waals surface area (Å²) in [4.78, 5) is 14.6. The third-order valence-electron chi connectivity index (χ3n) is 4.11. The van der Waals surface area contributed by atoms with Crippen molar-refractivity contribution in [3.63, 3.8) is 0 Å². The standard InChI is InChI=1S/C16H24N2O2/c1-4-12-10-18(13(5-2)9-17-12)16(20)14-7-6-11(3)8-15(14)19/h6-8,12-13,17,19H,4-5,9-10H2,1-3H3. The van der Waals surface area contributed by atoms with Crippen molar-refractivity contribution in [3.8, 4) is 5.75 Å². The molecule has 1 aromatic carbocycles. The molecule has 1 amide bonds. The van der Waals surface area contributed by atoms with E-state index in [4.69, 9.17) is 0 Å². The molecule has 110 valence electrons. The average molecular weight is 276 g/mol. The highest BCUT2D eigenvalue weighted by molar-refractivity contribution is 5.97. The minimum absolute atomic E-state index is 0.0608. The lowest BCUT2D eigenvalue weighted by Crippen LogP contribution is -2.57. The molecule has 0 aromatic heterocycles. The monoisotopic (exact) mass is 276 g/mol. The molecule has 0 saturated carbocycles. The van der Waals surface area contributed by atoms with Crippen LogP contribution in [0.3, 0.4) is 0 Å². The molecule has 20 heavy (non-hydrogen) atoms. The molecule has 1 aliphatic heterocycles. The van der Waals surface area contributed by atoms with Crippen molar-refractivity contribution in [2.24, 2.45) is 0 Å². The van der Waals surface area contributed by atoms with E-state index in [1.165, 1.54) is 0 Å². The third-order valence-corrected chi connectivity index (χ3v) is 4.11. The fourth-order valence-electron chi connectivity index (χ4n) is 2.73. The van der Waals surface area contributed by atoms with Gasteiger partial charge >= 0.3 is 0 Å². The first-order valence-corrected chi connectivity index (χ1v) is 7.40. The Balaban J connectivity index is 2.24. The van der Waals surface area contributed by atoms with Crippen LogP contribution in [-0.4, -0.2) is 41.1 Å². The number of phenolic OH excluding ortho intramolecular Hbond substituents is 1. The molecule has 1 aliphatic rings. The quantitative estimate of drug-likeness (QED) is 0.890. The van der Waals surface area contributed by atoms with E-state index >= 15 is 0 Å². The molecule has 0 radical (unpaired) electrons. The van der Waals surface area contributed by atoms with Crippen LogP contribution in [0, 0.1) is 6.92 Å². The molecular weight excluding hydrogens is 252 g/mol. The van der Waals surface area contributed by atoms with Crippen LogP contribution in [0.25, 0.3) is 0 Å². The zero-order valence-corrected chi connectivity index (χ0v) is 12.5. The molecule has 1 saturated heterocycles. The second kappa shape index (κ2) is 6.27. The third kappa shape index (κ3) is 2.96. The van der Waals surface area contributed by atoms with Gasteiger partial charge in [-0.15, -0.1) is 0 Å². The molecule has 2 N–H and O–H groups in total. The molecule has 0 bridgehead atoms. The topological polar surface area (TPSA) is 52.6 Å². The van der Waals surface area contributed by atoms with Gasteiger partial charge in [0.1, 0.15) is 5.75 Å². The van der Waals surface area contributed by atoms with Crippen LogP contribution in [-0.2, 0) is 0 Å². The van der Waals surface area contributed by atoms with Gasteiger partial charge in [0.2, 0.25) is 0 Å². The Morgan fingerprint density at radius 2 is 2.15 bits per heavy atom. The van der Waals surface area contributed by atoms with Crippen molar-refractivity contribution in [2.45, 2.75) is 45.7 Å². The SMILES string of the molecule is CCC1CN(C(=O)c2ccc(C)cc2O)C(CC)CN1. The van der Waals surface area contributed by atoms with E-state index in [1.807, 2.05) is 17.9 Å². The van der Waals surface area contributed by atoms with Crippen LogP contribution < -0.4 is 5.32 Å². The smallest absolute Gasteiger partial charge is 0.257 e. The van der Waals surface area contributed by atoms with Crippen LogP contribution in [0.5, 0.6) is 5.75 Å². The number of nitrogens with zero attached hydrogens (tertiary/aromatic N) is 1. The molecule has 2 unspecified atom stereocenters. The number of piperazine rings is 1. The normalized spacial score (nSPS) is 22.9. The maximum absolute atomic E-state index is 12.7. The van der Waals surface area contributed by atoms with Crippen LogP contribution in [0.4, 0.5) is 0 Å². The van der Waals surface area contributed by atoms with Crippen molar-refractivity contribution in [1.82, 2.24) is 10.2 Å². The lowest BCUT2D eigenvalue weighted by molar-refractivity contribution is 0.0573. The molecule has 1 fully saturated rings. The van der Waals surface area contributed by atoms with E-state index in [-0.39, 0.29) is 17.7 Å². The second-order valence-electron chi connectivity index (χ2n) is 5.55. The van der Waals surface area contributed by atoms with Gasteiger partial charge in [0.15, 0.2) is 0 Å². The van der Waals surface area contributed by atoms with E-state index in [2.05, 4.69) is 19.2 Å². The minimum Gasteiger partial charge on any atom is -0.507 e. The predicted octanol–water partition coefficient (Wildman–Crippen LogP) is 2.30. The maximum Gasteiger partial charge on any atom is 0.257 e. The number of carbonyl (C=O) groups is 1. The molecular formula is C16H24N2O2. The highest BCUT2D eigenvalue weighted by atomic mass is 16.3. The average Bonchev–Trinajstić information content (AvgIpc) is 2.46. The van der Waals surface area contributed by atoms with Gasteiger partial charge in [-0.1, -0.05) is 19.9 Å². The zero-order chi connectivity index (χ0) is 14.7. The van der Waals surface area contributed by atoms with E-state index < -0.39 is 0 Å². The number of hydrogen-bond donors (Lipinski definition) is 2. The van der Waals surface area contributed by atoms with E-state index in [0.717, 1.165) is 24.9 Å². The van der Waals surface area contributed by atoms with Gasteiger partial charge in [0.25, 0.3) is 5.91 Å². The Kier molecular flexibility index (Phi) is 4.65. The maximum atomic E-state index is 12.7. The van der Waals surface area contributed by atoms with Gasteiger partial charge in [-0.3, -0.25) is 4.79 Å². The molecule has 0 aliphatic carbocycles. The molecule has 2 atom stereocenters. The predicted molar refractivity (Wildman–Crippen MR) is 80.0 cm³/mol. The fraction of sp³-hybridized carbons (Fsp3) is 0.562. The molecule has 1 heterocycles. The Bertz CT molecular complexity index is 487. The first-order valence-electron chi connectivity index (χ1n) is 7.40. The van der Waals surface area contributed by atoms with E-state index in [0.29, 0.717) is 18.2 Å². The number of aryl methyl sites for hydroxylation is 1. The van der Waals surface area contributed by atoms with Crippen molar-refractivity contribution in [1.29, 1.82) is 0 Å². The largest absolute Gasteiger partial charge is 0.507 e. The zero-order valence-electron chi connectivity index (χ0n) is 12.5. The molecule has 0 spiro atoms. The number of hydrogen-bond acceptors (Lipinski definition) is 3. The molecule has 1 aromatic rings. The lowest BCUT2D eigenvalue weighted by Gasteiger charge is -2.40.